The van der Waals surface area contributed by atoms with Crippen molar-refractivity contribution < 1.29 is 9.59 Å². The third kappa shape index (κ3) is 3.45. The van der Waals surface area contributed by atoms with Crippen molar-refractivity contribution in [2.45, 2.75) is 11.9 Å². The lowest BCUT2D eigenvalue weighted by atomic mass is 10.2. The van der Waals surface area contributed by atoms with Crippen LogP contribution in [0.1, 0.15) is 10.9 Å². The van der Waals surface area contributed by atoms with Gasteiger partial charge in [0, 0.05) is 18.6 Å². The molecule has 0 spiro atoms. The maximum atomic E-state index is 12.7. The van der Waals surface area contributed by atoms with Crippen LogP contribution in [-0.2, 0) is 30.2 Å². The molecule has 1 atom stereocenters. The first-order valence-corrected chi connectivity index (χ1v) is 10.7. The molecule has 0 aliphatic carbocycles. The summed E-state index contributed by atoms with van der Waals surface area (Å²) in [4.78, 5) is 53.7. The van der Waals surface area contributed by atoms with E-state index in [0.717, 1.165) is 14.6 Å². The lowest BCUT2D eigenvalue weighted by Gasteiger charge is -2.24. The van der Waals surface area contributed by atoms with E-state index in [1.165, 1.54) is 46.3 Å². The summed E-state index contributed by atoms with van der Waals surface area (Å²) in [5.41, 5.74) is 2.81. The quantitative estimate of drug-likeness (QED) is 0.567. The summed E-state index contributed by atoms with van der Waals surface area (Å²) in [5.74, 6) is -0.448. The maximum Gasteiger partial charge on any atom is 0.332 e. The second-order valence-electron chi connectivity index (χ2n) is 6.76. The number of aromatic nitrogens is 4. The van der Waals surface area contributed by atoms with E-state index in [0.29, 0.717) is 0 Å². The van der Waals surface area contributed by atoms with Crippen molar-refractivity contribution in [3.8, 4) is 0 Å². The number of nitrogens with zero attached hydrogens (tertiary/aromatic N) is 5. The number of benzene rings is 1. The molecule has 1 N–H and O–H groups in total. The highest BCUT2D eigenvalue weighted by atomic mass is 79.9. The molecule has 156 valence electrons. The van der Waals surface area contributed by atoms with Gasteiger partial charge in [-0.05, 0) is 17.7 Å². The second-order valence-corrected chi connectivity index (χ2v) is 8.75. The number of halogens is 1. The minimum absolute atomic E-state index is 0.140. The highest BCUT2D eigenvalue weighted by Crippen LogP contribution is 2.37. The minimum atomic E-state index is -0.543. The topological polar surface area (TPSA) is 111 Å². The zero-order valence-electron chi connectivity index (χ0n) is 16.0. The number of carbonyl (C=O) groups is 2. The molecular weight excluding hydrogens is 476 g/mol. The number of thioether (sulfide) groups is 1. The molecule has 12 heteroatoms. The molecule has 2 amide bonds. The molecule has 1 aliphatic rings. The molecule has 1 saturated heterocycles. The number of rotatable bonds is 4. The normalized spacial score (nSPS) is 16.4. The molecule has 3 aromatic rings. The van der Waals surface area contributed by atoms with Gasteiger partial charge in [0.25, 0.3) is 17.4 Å². The zero-order chi connectivity index (χ0) is 21.6. The molecule has 2 aromatic heterocycles. The van der Waals surface area contributed by atoms with Gasteiger partial charge in [-0.15, -0.1) is 11.8 Å². The Morgan fingerprint density at radius 1 is 1.20 bits per heavy atom. The average molecular weight is 493 g/mol. The van der Waals surface area contributed by atoms with Gasteiger partial charge in [-0.3, -0.25) is 28.9 Å². The Balaban J connectivity index is 1.59. The predicted octanol–water partition coefficient (Wildman–Crippen LogP) is 0.502. The van der Waals surface area contributed by atoms with Crippen LogP contribution in [-0.4, -0.2) is 41.3 Å². The van der Waals surface area contributed by atoms with Crippen LogP contribution in [0.25, 0.3) is 11.2 Å². The first-order chi connectivity index (χ1) is 14.3. The number of amides is 2. The average Bonchev–Trinajstić information content (AvgIpc) is 3.29. The fourth-order valence-electron chi connectivity index (χ4n) is 3.26. The Morgan fingerprint density at radius 2 is 1.90 bits per heavy atom. The fraction of sp³-hybridized carbons (Fsp3) is 0.278. The van der Waals surface area contributed by atoms with Crippen molar-refractivity contribution in [3.05, 3.63) is 61.5 Å². The molecule has 0 radical (unpaired) electrons. The molecular formula is C18H17BrN6O4S. The predicted molar refractivity (Wildman–Crippen MR) is 115 cm³/mol. The number of nitrogens with one attached hydrogen (secondary N) is 1. The Hall–Kier alpha value is -2.86. The highest BCUT2D eigenvalue weighted by Gasteiger charge is 2.34. The molecule has 30 heavy (non-hydrogen) atoms. The van der Waals surface area contributed by atoms with Crippen molar-refractivity contribution in [1.29, 1.82) is 0 Å². The number of carbonyl (C=O) groups excluding carboxylic acids is 2. The van der Waals surface area contributed by atoms with E-state index >= 15 is 0 Å². The lowest BCUT2D eigenvalue weighted by Crippen LogP contribution is -2.46. The zero-order valence-corrected chi connectivity index (χ0v) is 18.4. The van der Waals surface area contributed by atoms with Crippen LogP contribution in [0.2, 0.25) is 0 Å². The van der Waals surface area contributed by atoms with Crippen LogP contribution >= 0.6 is 27.7 Å². The van der Waals surface area contributed by atoms with Crippen molar-refractivity contribution in [3.63, 3.8) is 0 Å². The summed E-state index contributed by atoms with van der Waals surface area (Å²) in [7, 11) is 2.87. The van der Waals surface area contributed by atoms with Crippen LogP contribution in [0.4, 0.5) is 0 Å². The van der Waals surface area contributed by atoms with Gasteiger partial charge in [-0.25, -0.2) is 14.8 Å². The van der Waals surface area contributed by atoms with E-state index in [4.69, 9.17) is 0 Å². The van der Waals surface area contributed by atoms with Gasteiger partial charge >= 0.3 is 5.69 Å². The standard InChI is InChI=1S/C18H17BrN6O4S/c1-22-15-14(16(28)23(2)18(22)29)24(9-20-15)7-12(26)21-25-13(27)8-30-17(25)10-3-5-11(19)6-4-10/h3-6,9,17H,7-8H2,1-2H3,(H,21,26). The Morgan fingerprint density at radius 3 is 2.60 bits per heavy atom. The largest absolute Gasteiger partial charge is 0.332 e. The Bertz CT molecular complexity index is 1280. The molecule has 3 heterocycles. The second kappa shape index (κ2) is 7.76. The summed E-state index contributed by atoms with van der Waals surface area (Å²) in [6.45, 7) is -0.231. The maximum absolute atomic E-state index is 12.7. The summed E-state index contributed by atoms with van der Waals surface area (Å²) in [6.07, 6.45) is 1.33. The third-order valence-electron chi connectivity index (χ3n) is 4.80. The number of aryl methyl sites for hydroxylation is 1. The molecule has 0 saturated carbocycles. The Kier molecular flexibility index (Phi) is 5.28. The third-order valence-corrected chi connectivity index (χ3v) is 6.54. The molecule has 0 bridgehead atoms. The van der Waals surface area contributed by atoms with E-state index < -0.39 is 17.2 Å². The van der Waals surface area contributed by atoms with E-state index in [2.05, 4.69) is 26.3 Å². The van der Waals surface area contributed by atoms with Gasteiger partial charge < -0.3 is 4.57 Å². The summed E-state index contributed by atoms with van der Waals surface area (Å²) in [5, 5.41) is 0.964. The number of fused-ring (bicyclic) bond motifs is 1. The van der Waals surface area contributed by atoms with Crippen molar-refractivity contribution in [2.24, 2.45) is 14.1 Å². The van der Waals surface area contributed by atoms with Crippen LogP contribution in [0.15, 0.2) is 44.7 Å². The number of hydrazine groups is 1. The number of hydrogen-bond donors (Lipinski definition) is 1. The van der Waals surface area contributed by atoms with E-state index in [1.54, 1.807) is 0 Å². The van der Waals surface area contributed by atoms with Crippen molar-refractivity contribution >= 4 is 50.7 Å². The fourth-order valence-corrected chi connectivity index (χ4v) is 4.63. The van der Waals surface area contributed by atoms with Gasteiger partial charge in [0.15, 0.2) is 11.2 Å². The van der Waals surface area contributed by atoms with Gasteiger partial charge in [-0.2, -0.15) is 0 Å². The van der Waals surface area contributed by atoms with Gasteiger partial charge in [0.05, 0.1) is 12.1 Å². The molecule has 1 fully saturated rings. The van der Waals surface area contributed by atoms with E-state index in [1.807, 2.05) is 24.3 Å². The number of imidazole rings is 1. The molecule has 4 rings (SSSR count). The van der Waals surface area contributed by atoms with Gasteiger partial charge in [-0.1, -0.05) is 28.1 Å². The summed E-state index contributed by atoms with van der Waals surface area (Å²) >= 11 is 4.79. The SMILES string of the molecule is Cn1c(=O)c2c(ncn2CC(=O)NN2C(=O)CSC2c2ccc(Br)cc2)n(C)c1=O. The summed E-state index contributed by atoms with van der Waals surface area (Å²) in [6, 6.07) is 7.51. The molecule has 1 aliphatic heterocycles. The molecule has 1 aromatic carbocycles. The van der Waals surface area contributed by atoms with Crippen molar-refractivity contribution in [2.75, 3.05) is 5.75 Å². The van der Waals surface area contributed by atoms with Crippen LogP contribution in [0.5, 0.6) is 0 Å². The Labute approximate surface area is 182 Å². The minimum Gasteiger partial charge on any atom is -0.315 e. The highest BCUT2D eigenvalue weighted by molar-refractivity contribution is 9.10. The smallest absolute Gasteiger partial charge is 0.315 e. The molecule has 10 nitrogen and oxygen atoms in total. The first-order valence-electron chi connectivity index (χ1n) is 8.87. The number of hydrogen-bond acceptors (Lipinski definition) is 6. The molecule has 1 unspecified atom stereocenters. The van der Waals surface area contributed by atoms with E-state index in [9.17, 15) is 19.2 Å². The lowest BCUT2D eigenvalue weighted by molar-refractivity contribution is -0.139. The monoisotopic (exact) mass is 492 g/mol. The van der Waals surface area contributed by atoms with Crippen LogP contribution in [0, 0.1) is 0 Å². The van der Waals surface area contributed by atoms with Gasteiger partial charge in [0.1, 0.15) is 11.9 Å². The van der Waals surface area contributed by atoms with Gasteiger partial charge in [0.2, 0.25) is 0 Å². The first kappa shape index (κ1) is 20.4. The van der Waals surface area contributed by atoms with E-state index in [-0.39, 0.29) is 34.7 Å². The van der Waals surface area contributed by atoms with Crippen LogP contribution in [0.3, 0.4) is 0 Å². The van der Waals surface area contributed by atoms with Crippen molar-refractivity contribution in [1.82, 2.24) is 29.1 Å². The van der Waals surface area contributed by atoms with Crippen LogP contribution < -0.4 is 16.7 Å². The summed E-state index contributed by atoms with van der Waals surface area (Å²) < 4.78 is 4.49.